The van der Waals surface area contributed by atoms with E-state index in [1.54, 1.807) is 0 Å². The van der Waals surface area contributed by atoms with Crippen molar-refractivity contribution >= 4 is 6.03 Å². The number of urea groups is 1. The molecule has 2 bridgehead atoms. The van der Waals surface area contributed by atoms with Crippen LogP contribution in [0.15, 0.2) is 0 Å². The Labute approximate surface area is 85.8 Å². The van der Waals surface area contributed by atoms with E-state index in [-0.39, 0.29) is 6.03 Å². The number of nitrogens with zero attached hydrogens (tertiary/aromatic N) is 1. The van der Waals surface area contributed by atoms with Crippen LogP contribution in [0.1, 0.15) is 39.0 Å². The molecule has 1 aliphatic carbocycles. The summed E-state index contributed by atoms with van der Waals surface area (Å²) >= 11 is 0. The first-order chi connectivity index (χ1) is 6.81. The van der Waals surface area contributed by atoms with E-state index in [0.717, 1.165) is 31.8 Å². The van der Waals surface area contributed by atoms with Gasteiger partial charge in [0.1, 0.15) is 0 Å². The molecule has 3 heteroatoms. The SMILES string of the molecule is CCCCNC(=O)N1CC2CCC1C2. The number of likely N-dealkylation sites (tertiary alicyclic amines) is 1. The van der Waals surface area contributed by atoms with E-state index < -0.39 is 0 Å². The second-order valence-electron chi connectivity index (χ2n) is 4.57. The highest BCUT2D eigenvalue weighted by atomic mass is 16.2. The summed E-state index contributed by atoms with van der Waals surface area (Å²) < 4.78 is 0. The Kier molecular flexibility index (Phi) is 2.94. The second-order valence-corrected chi connectivity index (χ2v) is 4.57. The monoisotopic (exact) mass is 196 g/mol. The van der Waals surface area contributed by atoms with Crippen LogP contribution in [0.5, 0.6) is 0 Å². The average Bonchev–Trinajstić information content (AvgIpc) is 2.79. The zero-order valence-electron chi connectivity index (χ0n) is 8.96. The van der Waals surface area contributed by atoms with Gasteiger partial charge in [0.05, 0.1) is 0 Å². The lowest BCUT2D eigenvalue weighted by atomic mass is 10.1. The van der Waals surface area contributed by atoms with Gasteiger partial charge in [-0.05, 0) is 31.6 Å². The lowest BCUT2D eigenvalue weighted by molar-refractivity contribution is 0.181. The molecule has 1 aliphatic heterocycles. The molecule has 2 unspecified atom stereocenters. The molecular weight excluding hydrogens is 176 g/mol. The Morgan fingerprint density at radius 2 is 2.36 bits per heavy atom. The number of rotatable bonds is 3. The highest BCUT2D eigenvalue weighted by molar-refractivity contribution is 5.75. The van der Waals surface area contributed by atoms with Crippen molar-refractivity contribution in [2.24, 2.45) is 5.92 Å². The lowest BCUT2D eigenvalue weighted by Gasteiger charge is -2.27. The van der Waals surface area contributed by atoms with Gasteiger partial charge in [-0.25, -0.2) is 4.79 Å². The van der Waals surface area contributed by atoms with E-state index in [2.05, 4.69) is 12.2 Å². The van der Waals surface area contributed by atoms with Gasteiger partial charge < -0.3 is 10.2 Å². The van der Waals surface area contributed by atoms with Crippen LogP contribution in [-0.2, 0) is 0 Å². The van der Waals surface area contributed by atoms with Gasteiger partial charge in [-0.3, -0.25) is 0 Å². The van der Waals surface area contributed by atoms with E-state index >= 15 is 0 Å². The molecular formula is C11H20N2O. The van der Waals surface area contributed by atoms with Gasteiger partial charge in [-0.2, -0.15) is 0 Å². The molecule has 0 aromatic rings. The van der Waals surface area contributed by atoms with Crippen LogP contribution in [0.3, 0.4) is 0 Å². The maximum absolute atomic E-state index is 11.7. The van der Waals surface area contributed by atoms with Crippen molar-refractivity contribution in [3.63, 3.8) is 0 Å². The third kappa shape index (κ3) is 1.86. The van der Waals surface area contributed by atoms with Gasteiger partial charge in [0, 0.05) is 19.1 Å². The van der Waals surface area contributed by atoms with E-state index in [1.165, 1.54) is 19.3 Å². The van der Waals surface area contributed by atoms with Gasteiger partial charge in [-0.15, -0.1) is 0 Å². The molecule has 1 saturated heterocycles. The summed E-state index contributed by atoms with van der Waals surface area (Å²) in [5, 5.41) is 3.00. The molecule has 0 aromatic carbocycles. The smallest absolute Gasteiger partial charge is 0.317 e. The number of amides is 2. The van der Waals surface area contributed by atoms with Crippen LogP contribution in [0.2, 0.25) is 0 Å². The van der Waals surface area contributed by atoms with Crippen LogP contribution in [-0.4, -0.2) is 30.1 Å². The van der Waals surface area contributed by atoms with Crippen molar-refractivity contribution in [3.8, 4) is 0 Å². The highest BCUT2D eigenvalue weighted by Gasteiger charge is 2.39. The Balaban J connectivity index is 1.75. The number of hydrogen-bond acceptors (Lipinski definition) is 1. The molecule has 0 spiro atoms. The molecule has 2 atom stereocenters. The van der Waals surface area contributed by atoms with Crippen molar-refractivity contribution in [1.29, 1.82) is 0 Å². The van der Waals surface area contributed by atoms with Crippen LogP contribution in [0.25, 0.3) is 0 Å². The molecule has 14 heavy (non-hydrogen) atoms. The Morgan fingerprint density at radius 3 is 2.93 bits per heavy atom. The first-order valence-corrected chi connectivity index (χ1v) is 5.85. The maximum Gasteiger partial charge on any atom is 0.317 e. The highest BCUT2D eigenvalue weighted by Crippen LogP contribution is 2.37. The summed E-state index contributed by atoms with van der Waals surface area (Å²) in [4.78, 5) is 13.8. The molecule has 1 heterocycles. The zero-order valence-corrected chi connectivity index (χ0v) is 8.96. The molecule has 80 valence electrons. The first kappa shape index (κ1) is 9.81. The molecule has 1 saturated carbocycles. The number of hydrogen-bond donors (Lipinski definition) is 1. The summed E-state index contributed by atoms with van der Waals surface area (Å²) in [7, 11) is 0. The number of unbranched alkanes of at least 4 members (excludes halogenated alkanes) is 1. The van der Waals surface area contributed by atoms with Gasteiger partial charge in [0.25, 0.3) is 0 Å². The average molecular weight is 196 g/mol. The normalized spacial score (nSPS) is 29.6. The second kappa shape index (κ2) is 4.20. The number of carbonyl (C=O) groups excluding carboxylic acids is 1. The number of piperidine rings is 1. The topological polar surface area (TPSA) is 32.3 Å². The zero-order chi connectivity index (χ0) is 9.97. The van der Waals surface area contributed by atoms with Crippen LogP contribution in [0.4, 0.5) is 4.79 Å². The van der Waals surface area contributed by atoms with Crippen molar-refractivity contribution in [2.45, 2.75) is 45.1 Å². The fourth-order valence-corrected chi connectivity index (χ4v) is 2.65. The summed E-state index contributed by atoms with van der Waals surface area (Å²) in [6, 6.07) is 0.729. The van der Waals surface area contributed by atoms with E-state index in [4.69, 9.17) is 0 Å². The minimum atomic E-state index is 0.172. The van der Waals surface area contributed by atoms with Gasteiger partial charge >= 0.3 is 6.03 Å². The van der Waals surface area contributed by atoms with Crippen LogP contribution < -0.4 is 5.32 Å². The van der Waals surface area contributed by atoms with Gasteiger partial charge in [0.2, 0.25) is 0 Å². The van der Waals surface area contributed by atoms with E-state index in [1.807, 2.05) is 4.90 Å². The Hall–Kier alpha value is -0.730. The summed E-state index contributed by atoms with van der Waals surface area (Å²) in [6.07, 6.45) is 6.05. The van der Waals surface area contributed by atoms with Crippen molar-refractivity contribution in [3.05, 3.63) is 0 Å². The minimum absolute atomic E-state index is 0.172. The molecule has 0 aromatic heterocycles. The Morgan fingerprint density at radius 1 is 1.50 bits per heavy atom. The summed E-state index contributed by atoms with van der Waals surface area (Å²) in [5.74, 6) is 0.803. The third-order valence-corrected chi connectivity index (χ3v) is 3.48. The van der Waals surface area contributed by atoms with Crippen LogP contribution >= 0.6 is 0 Å². The number of nitrogens with one attached hydrogen (secondary N) is 1. The molecule has 0 radical (unpaired) electrons. The predicted octanol–water partition coefficient (Wildman–Crippen LogP) is 1.98. The summed E-state index contributed by atoms with van der Waals surface area (Å²) in [6.45, 7) is 3.98. The largest absolute Gasteiger partial charge is 0.338 e. The minimum Gasteiger partial charge on any atom is -0.338 e. The predicted molar refractivity (Wildman–Crippen MR) is 56.1 cm³/mol. The Bertz CT molecular complexity index is 217. The van der Waals surface area contributed by atoms with Crippen LogP contribution in [0, 0.1) is 5.92 Å². The standard InChI is InChI=1S/C11H20N2O/c1-2-3-6-12-11(14)13-8-9-4-5-10(13)7-9/h9-10H,2-8H2,1H3,(H,12,14). The van der Waals surface area contributed by atoms with Crippen molar-refractivity contribution in [2.75, 3.05) is 13.1 Å². The third-order valence-electron chi connectivity index (χ3n) is 3.48. The maximum atomic E-state index is 11.7. The number of fused-ring (bicyclic) bond motifs is 2. The molecule has 3 nitrogen and oxygen atoms in total. The molecule has 2 aliphatic rings. The number of carbonyl (C=O) groups is 1. The van der Waals surface area contributed by atoms with Gasteiger partial charge in [0.15, 0.2) is 0 Å². The molecule has 2 fully saturated rings. The lowest BCUT2D eigenvalue weighted by Crippen LogP contribution is -2.44. The fourth-order valence-electron chi connectivity index (χ4n) is 2.65. The molecule has 2 rings (SSSR count). The summed E-state index contributed by atoms with van der Waals surface area (Å²) in [5.41, 5.74) is 0. The first-order valence-electron chi connectivity index (χ1n) is 5.85. The molecule has 2 amide bonds. The van der Waals surface area contributed by atoms with Gasteiger partial charge in [-0.1, -0.05) is 13.3 Å². The quantitative estimate of drug-likeness (QED) is 0.688. The van der Waals surface area contributed by atoms with E-state index in [0.29, 0.717) is 6.04 Å². The fraction of sp³-hybridized carbons (Fsp3) is 0.909. The van der Waals surface area contributed by atoms with E-state index in [9.17, 15) is 4.79 Å². The molecule has 1 N–H and O–H groups in total. The van der Waals surface area contributed by atoms with Crippen molar-refractivity contribution < 1.29 is 4.79 Å². The van der Waals surface area contributed by atoms with Crippen molar-refractivity contribution in [1.82, 2.24) is 10.2 Å².